The van der Waals surface area contributed by atoms with Gasteiger partial charge in [0.2, 0.25) is 0 Å². The molecule has 1 N–H and O–H groups in total. The highest BCUT2D eigenvalue weighted by Crippen LogP contribution is 2.40. The molecule has 0 fully saturated rings. The molecule has 2 aromatic carbocycles. The summed E-state index contributed by atoms with van der Waals surface area (Å²) in [6, 6.07) is 15.6. The van der Waals surface area contributed by atoms with Crippen LogP contribution in [-0.4, -0.2) is 37.4 Å². The van der Waals surface area contributed by atoms with Gasteiger partial charge in [-0.3, -0.25) is 0 Å². The van der Waals surface area contributed by atoms with Crippen LogP contribution in [0.3, 0.4) is 0 Å². The summed E-state index contributed by atoms with van der Waals surface area (Å²) >= 11 is 2.60. The molecule has 2 aromatic heterocycles. The molecule has 6 rings (SSSR count). The zero-order valence-corrected chi connectivity index (χ0v) is 21.3. The largest absolute Gasteiger partial charge is 0.493 e. The molecule has 2 aliphatic heterocycles. The van der Waals surface area contributed by atoms with Gasteiger partial charge in [-0.05, 0) is 47.2 Å². The molecule has 2 unspecified atom stereocenters. The number of nitriles is 2. The molecule has 0 bridgehead atoms. The van der Waals surface area contributed by atoms with E-state index in [9.17, 15) is 9.59 Å². The lowest BCUT2D eigenvalue weighted by Gasteiger charge is -2.21. The predicted octanol–water partition coefficient (Wildman–Crippen LogP) is 6.07. The quantitative estimate of drug-likeness (QED) is 0.308. The van der Waals surface area contributed by atoms with Crippen molar-refractivity contribution in [2.75, 3.05) is 20.3 Å². The molecular weight excluding hydrogens is 512 g/mol. The third-order valence-electron chi connectivity index (χ3n) is 6.29. The third kappa shape index (κ3) is 4.69. The number of carbonyl (C=O) groups is 2. The number of carbonyl (C=O) groups excluding carboxylic acids is 1. The van der Waals surface area contributed by atoms with Gasteiger partial charge in [0.25, 0.3) is 0 Å². The van der Waals surface area contributed by atoms with Crippen molar-refractivity contribution < 1.29 is 28.9 Å². The van der Waals surface area contributed by atoms with Crippen LogP contribution in [-0.2, 0) is 4.74 Å². The van der Waals surface area contributed by atoms with Crippen LogP contribution in [0.1, 0.15) is 55.1 Å². The van der Waals surface area contributed by atoms with Gasteiger partial charge in [-0.2, -0.15) is 10.5 Å². The summed E-state index contributed by atoms with van der Waals surface area (Å²) in [7, 11) is 1.37. The molecule has 2 aliphatic rings. The Morgan fingerprint density at radius 1 is 0.865 bits per heavy atom. The molecule has 0 amide bonds. The number of thiophene rings is 2. The van der Waals surface area contributed by atoms with Crippen LogP contribution in [0, 0.1) is 22.7 Å². The van der Waals surface area contributed by atoms with Crippen molar-refractivity contribution in [1.82, 2.24) is 0 Å². The maximum atomic E-state index is 11.5. The topological polar surface area (TPSA) is 130 Å². The summed E-state index contributed by atoms with van der Waals surface area (Å²) in [4.78, 5) is 23.3. The van der Waals surface area contributed by atoms with Gasteiger partial charge in [0, 0.05) is 33.4 Å². The number of ether oxygens (including phenoxy) is 3. The number of methoxy groups -OCH3 is 1. The number of rotatable bonds is 2. The fourth-order valence-corrected chi connectivity index (χ4v) is 6.33. The zero-order chi connectivity index (χ0) is 26.1. The molecule has 2 atom stereocenters. The third-order valence-corrected chi connectivity index (χ3v) is 8.45. The second kappa shape index (κ2) is 10.1. The van der Waals surface area contributed by atoms with Crippen molar-refractivity contribution in [2.45, 2.75) is 24.7 Å². The minimum atomic E-state index is -0.924. The van der Waals surface area contributed by atoms with E-state index in [1.54, 1.807) is 12.1 Å². The molecule has 186 valence electrons. The van der Waals surface area contributed by atoms with E-state index < -0.39 is 5.97 Å². The normalized spacial score (nSPS) is 17.6. The Morgan fingerprint density at radius 2 is 1.35 bits per heavy atom. The van der Waals surface area contributed by atoms with Crippen LogP contribution in [0.2, 0.25) is 0 Å². The first-order chi connectivity index (χ1) is 17.9. The monoisotopic (exact) mass is 532 g/mol. The van der Waals surface area contributed by atoms with Crippen molar-refractivity contribution in [3.8, 4) is 23.6 Å². The second-order valence-electron chi connectivity index (χ2n) is 8.51. The number of esters is 1. The second-order valence-corrected chi connectivity index (χ2v) is 10.7. The van der Waals surface area contributed by atoms with Gasteiger partial charge in [-0.1, -0.05) is 0 Å². The van der Waals surface area contributed by atoms with Crippen LogP contribution in [0.15, 0.2) is 36.4 Å². The predicted molar refractivity (Wildman–Crippen MR) is 139 cm³/mol. The maximum Gasteiger partial charge on any atom is 0.348 e. The number of hydrogen-bond donors (Lipinski definition) is 1. The zero-order valence-electron chi connectivity index (χ0n) is 19.6. The number of nitrogens with zero attached hydrogens (tertiary/aromatic N) is 2. The smallest absolute Gasteiger partial charge is 0.348 e. The first-order valence-electron chi connectivity index (χ1n) is 11.4. The van der Waals surface area contributed by atoms with E-state index in [2.05, 4.69) is 12.1 Å². The molecule has 8 nitrogen and oxygen atoms in total. The minimum absolute atomic E-state index is 0.130. The van der Waals surface area contributed by atoms with Gasteiger partial charge in [-0.25, -0.2) is 9.59 Å². The summed E-state index contributed by atoms with van der Waals surface area (Å²) in [5, 5.41) is 29.1. The van der Waals surface area contributed by atoms with Crippen LogP contribution in [0.25, 0.3) is 20.2 Å². The number of aromatic carboxylic acids is 1. The minimum Gasteiger partial charge on any atom is -0.493 e. The lowest BCUT2D eigenvalue weighted by atomic mass is 9.94. The number of carboxylic acids is 1. The molecule has 37 heavy (non-hydrogen) atoms. The van der Waals surface area contributed by atoms with Gasteiger partial charge in [0.1, 0.15) is 21.3 Å². The van der Waals surface area contributed by atoms with E-state index in [1.165, 1.54) is 29.8 Å². The van der Waals surface area contributed by atoms with Crippen molar-refractivity contribution in [1.29, 1.82) is 10.5 Å². The molecular formula is C27H20N2O6S2. The standard InChI is InChI=1S/C14H11NO3S.C13H9NO3S/c1-17-14(16)13-5-9-4-10-8(7-15)2-3-18-11(10)6-12(9)19-13;14-6-7-1-2-17-10-5-11-8(3-9(7)10)4-12(18-11)13(15)16/h4-6,8H,2-3H2,1H3;3-5,7H,1-2H2,(H,15,16). The Hall–Kier alpha value is -4.12. The SMILES string of the molecule is COC(=O)c1cc2cc3c(cc2s1)OCCC3C#N.N#CC1CCOc2cc3sc(C(=O)O)cc3cc21. The Bertz CT molecular complexity index is 1620. The first kappa shape index (κ1) is 24.6. The molecule has 0 saturated heterocycles. The first-order valence-corrected chi connectivity index (χ1v) is 13.1. The van der Waals surface area contributed by atoms with E-state index in [0.29, 0.717) is 41.6 Å². The summed E-state index contributed by atoms with van der Waals surface area (Å²) in [5.74, 6) is -0.0903. The Kier molecular flexibility index (Phi) is 6.70. The van der Waals surface area contributed by atoms with Gasteiger partial charge in [-0.15, -0.1) is 22.7 Å². The molecule has 4 aromatic rings. The van der Waals surface area contributed by atoms with Crippen LogP contribution in [0.4, 0.5) is 0 Å². The maximum absolute atomic E-state index is 11.5. The summed E-state index contributed by atoms with van der Waals surface area (Å²) in [5.41, 5.74) is 1.78. The van der Waals surface area contributed by atoms with Gasteiger partial charge in [0.15, 0.2) is 0 Å². The van der Waals surface area contributed by atoms with Crippen LogP contribution < -0.4 is 9.47 Å². The number of hydrogen-bond acceptors (Lipinski definition) is 9. The van der Waals surface area contributed by atoms with Gasteiger partial charge in [0.05, 0.1) is 44.3 Å². The molecule has 10 heteroatoms. The number of fused-ring (bicyclic) bond motifs is 4. The highest BCUT2D eigenvalue weighted by Gasteiger charge is 2.24. The Labute approximate surface area is 219 Å². The molecule has 0 radical (unpaired) electrons. The van der Waals surface area contributed by atoms with Gasteiger partial charge >= 0.3 is 11.9 Å². The molecule has 0 aliphatic carbocycles. The number of benzene rings is 2. The summed E-state index contributed by atoms with van der Waals surface area (Å²) < 4.78 is 17.7. The number of carboxylic acid groups (broad SMARTS) is 1. The highest BCUT2D eigenvalue weighted by atomic mass is 32.1. The van der Waals surface area contributed by atoms with Crippen molar-refractivity contribution in [3.05, 3.63) is 57.3 Å². The van der Waals surface area contributed by atoms with Gasteiger partial charge < -0.3 is 19.3 Å². The molecule has 0 saturated carbocycles. The summed E-state index contributed by atoms with van der Waals surface area (Å²) in [6.07, 6.45) is 1.40. The van der Waals surface area contributed by atoms with Crippen LogP contribution >= 0.6 is 22.7 Å². The fourth-order valence-electron chi connectivity index (χ4n) is 4.43. The van der Waals surface area contributed by atoms with Crippen molar-refractivity contribution >= 4 is 54.8 Å². The van der Waals surface area contributed by atoms with E-state index in [1.807, 2.05) is 24.3 Å². The van der Waals surface area contributed by atoms with E-state index in [4.69, 9.17) is 29.8 Å². The Balaban J connectivity index is 0.000000152. The average molecular weight is 533 g/mol. The molecule has 4 heterocycles. The highest BCUT2D eigenvalue weighted by molar-refractivity contribution is 7.21. The lowest BCUT2D eigenvalue weighted by molar-refractivity contribution is 0.0605. The van der Waals surface area contributed by atoms with Crippen molar-refractivity contribution in [2.24, 2.45) is 0 Å². The van der Waals surface area contributed by atoms with Crippen molar-refractivity contribution in [3.63, 3.8) is 0 Å². The van der Waals surface area contributed by atoms with E-state index >= 15 is 0 Å². The Morgan fingerprint density at radius 3 is 1.81 bits per heavy atom. The van der Waals surface area contributed by atoms with Crippen LogP contribution in [0.5, 0.6) is 11.5 Å². The summed E-state index contributed by atoms with van der Waals surface area (Å²) in [6.45, 7) is 1.10. The lowest BCUT2D eigenvalue weighted by Crippen LogP contribution is -2.12. The average Bonchev–Trinajstić information content (AvgIpc) is 3.53. The fraction of sp³-hybridized carbons (Fsp3) is 0.259. The molecule has 0 spiro atoms. The van der Waals surface area contributed by atoms with E-state index in [0.717, 1.165) is 37.0 Å². The van der Waals surface area contributed by atoms with E-state index in [-0.39, 0.29) is 17.8 Å².